The van der Waals surface area contributed by atoms with Gasteiger partial charge in [-0.05, 0) is 30.2 Å². The van der Waals surface area contributed by atoms with Crippen molar-refractivity contribution < 1.29 is 19.1 Å². The van der Waals surface area contributed by atoms with Gasteiger partial charge in [0.05, 0.1) is 5.56 Å². The van der Waals surface area contributed by atoms with Crippen molar-refractivity contribution in [3.8, 4) is 0 Å². The van der Waals surface area contributed by atoms with E-state index < -0.39 is 17.7 Å². The first-order chi connectivity index (χ1) is 8.54. The smallest absolute Gasteiger partial charge is 0.328 e. The van der Waals surface area contributed by atoms with Gasteiger partial charge in [0.1, 0.15) is 5.82 Å². The highest BCUT2D eigenvalue weighted by atomic mass is 19.1. The number of halogens is 1. The molecular weight excluding hydrogens is 237 g/mol. The molecular formula is C13H14FNO3. The molecule has 96 valence electrons. The normalized spacial score (nSPS) is 10.6. The van der Waals surface area contributed by atoms with E-state index in [1.165, 1.54) is 18.2 Å². The monoisotopic (exact) mass is 251 g/mol. The fourth-order valence-corrected chi connectivity index (χ4v) is 1.32. The van der Waals surface area contributed by atoms with E-state index in [4.69, 9.17) is 5.11 Å². The first-order valence-corrected chi connectivity index (χ1v) is 5.53. The van der Waals surface area contributed by atoms with Crippen LogP contribution in [0.5, 0.6) is 0 Å². The van der Waals surface area contributed by atoms with E-state index in [9.17, 15) is 14.0 Å². The molecule has 0 aliphatic rings. The van der Waals surface area contributed by atoms with Crippen LogP contribution in [-0.2, 0) is 4.79 Å². The highest BCUT2D eigenvalue weighted by Crippen LogP contribution is 2.12. The first-order valence-electron chi connectivity index (χ1n) is 5.53. The van der Waals surface area contributed by atoms with Gasteiger partial charge < -0.3 is 10.4 Å². The van der Waals surface area contributed by atoms with Crippen molar-refractivity contribution in [3.05, 3.63) is 41.2 Å². The van der Waals surface area contributed by atoms with E-state index in [1.54, 1.807) is 0 Å². The Hall–Kier alpha value is -2.17. The quantitative estimate of drug-likeness (QED) is 0.787. The van der Waals surface area contributed by atoms with Crippen LogP contribution in [0.2, 0.25) is 0 Å². The average Bonchev–Trinajstić information content (AvgIpc) is 2.34. The van der Waals surface area contributed by atoms with Crippen molar-refractivity contribution in [2.75, 3.05) is 6.54 Å². The average molecular weight is 251 g/mol. The Bertz CT molecular complexity index is 483. The largest absolute Gasteiger partial charge is 0.478 e. The summed E-state index contributed by atoms with van der Waals surface area (Å²) in [4.78, 5) is 22.0. The topological polar surface area (TPSA) is 66.4 Å². The lowest BCUT2D eigenvalue weighted by molar-refractivity contribution is -0.131. The van der Waals surface area contributed by atoms with Gasteiger partial charge in [-0.3, -0.25) is 4.79 Å². The Morgan fingerprint density at radius 3 is 2.78 bits per heavy atom. The van der Waals surface area contributed by atoms with Crippen molar-refractivity contribution in [3.63, 3.8) is 0 Å². The van der Waals surface area contributed by atoms with Gasteiger partial charge in [0.2, 0.25) is 0 Å². The fourth-order valence-electron chi connectivity index (χ4n) is 1.32. The highest BCUT2D eigenvalue weighted by molar-refractivity contribution is 5.95. The Morgan fingerprint density at radius 1 is 1.44 bits per heavy atom. The molecule has 1 aromatic rings. The molecule has 0 heterocycles. The molecule has 0 aliphatic heterocycles. The van der Waals surface area contributed by atoms with Gasteiger partial charge in [0, 0.05) is 12.6 Å². The molecule has 0 bridgehead atoms. The molecule has 1 rings (SSSR count). The molecule has 1 aromatic carbocycles. The molecule has 0 saturated heterocycles. The minimum atomic E-state index is -1.10. The maximum absolute atomic E-state index is 13.4. The van der Waals surface area contributed by atoms with E-state index in [-0.39, 0.29) is 5.56 Å². The predicted molar refractivity (Wildman–Crippen MR) is 65.7 cm³/mol. The van der Waals surface area contributed by atoms with Crippen LogP contribution in [0.1, 0.15) is 29.3 Å². The third-order valence-electron chi connectivity index (χ3n) is 2.19. The molecule has 0 fully saturated rings. The van der Waals surface area contributed by atoms with Gasteiger partial charge >= 0.3 is 5.97 Å². The van der Waals surface area contributed by atoms with E-state index >= 15 is 0 Å². The second-order valence-electron chi connectivity index (χ2n) is 3.67. The number of carboxylic acids is 1. The summed E-state index contributed by atoms with van der Waals surface area (Å²) in [6, 6.07) is 3.87. The molecule has 5 heteroatoms. The van der Waals surface area contributed by atoms with Crippen LogP contribution in [-0.4, -0.2) is 23.5 Å². The maximum Gasteiger partial charge on any atom is 0.328 e. The van der Waals surface area contributed by atoms with Crippen molar-refractivity contribution in [1.29, 1.82) is 0 Å². The lowest BCUT2D eigenvalue weighted by Crippen LogP contribution is -2.25. The second-order valence-corrected chi connectivity index (χ2v) is 3.67. The van der Waals surface area contributed by atoms with Crippen LogP contribution < -0.4 is 5.32 Å². The van der Waals surface area contributed by atoms with E-state index in [0.717, 1.165) is 18.6 Å². The molecule has 2 N–H and O–H groups in total. The molecule has 4 nitrogen and oxygen atoms in total. The number of carboxylic acid groups (broad SMARTS) is 1. The predicted octanol–water partition coefficient (Wildman–Crippen LogP) is 2.06. The van der Waals surface area contributed by atoms with Gasteiger partial charge in [-0.25, -0.2) is 9.18 Å². The summed E-state index contributed by atoms with van der Waals surface area (Å²) in [5.41, 5.74) is 0.372. The number of hydrogen-bond donors (Lipinski definition) is 2. The summed E-state index contributed by atoms with van der Waals surface area (Å²) in [6.07, 6.45) is 2.99. The van der Waals surface area contributed by atoms with Crippen LogP contribution in [0, 0.1) is 5.82 Å². The number of benzene rings is 1. The summed E-state index contributed by atoms with van der Waals surface area (Å²) in [6.45, 7) is 2.36. The molecule has 0 spiro atoms. The maximum atomic E-state index is 13.4. The number of carbonyl (C=O) groups excluding carboxylic acids is 1. The van der Waals surface area contributed by atoms with Crippen LogP contribution in [0.4, 0.5) is 4.39 Å². The van der Waals surface area contributed by atoms with E-state index in [0.29, 0.717) is 12.1 Å². The molecule has 0 radical (unpaired) electrons. The van der Waals surface area contributed by atoms with Crippen molar-refractivity contribution in [1.82, 2.24) is 5.32 Å². The first kappa shape index (κ1) is 13.9. The number of rotatable bonds is 5. The molecule has 0 aliphatic carbocycles. The number of aliphatic carboxylic acids is 1. The summed E-state index contributed by atoms with van der Waals surface area (Å²) in [7, 11) is 0. The van der Waals surface area contributed by atoms with Crippen LogP contribution in [0.25, 0.3) is 6.08 Å². The van der Waals surface area contributed by atoms with E-state index in [1.807, 2.05) is 6.92 Å². The Kier molecular flexibility index (Phi) is 5.05. The van der Waals surface area contributed by atoms with E-state index in [2.05, 4.69) is 5.32 Å². The van der Waals surface area contributed by atoms with Gasteiger partial charge in [0.15, 0.2) is 0 Å². The highest BCUT2D eigenvalue weighted by Gasteiger charge is 2.11. The van der Waals surface area contributed by atoms with Gasteiger partial charge in [-0.2, -0.15) is 0 Å². The summed E-state index contributed by atoms with van der Waals surface area (Å²) in [5, 5.41) is 11.0. The molecule has 18 heavy (non-hydrogen) atoms. The number of carbonyl (C=O) groups is 2. The third-order valence-corrected chi connectivity index (χ3v) is 2.19. The zero-order valence-electron chi connectivity index (χ0n) is 9.94. The van der Waals surface area contributed by atoms with Crippen molar-refractivity contribution in [2.24, 2.45) is 0 Å². The zero-order valence-corrected chi connectivity index (χ0v) is 9.94. The summed E-state index contributed by atoms with van der Waals surface area (Å²) >= 11 is 0. The van der Waals surface area contributed by atoms with Gasteiger partial charge in [0.25, 0.3) is 5.91 Å². The zero-order chi connectivity index (χ0) is 13.5. The molecule has 0 aromatic heterocycles. The van der Waals surface area contributed by atoms with Crippen LogP contribution in [0.3, 0.4) is 0 Å². The lowest BCUT2D eigenvalue weighted by Gasteiger charge is -2.05. The minimum Gasteiger partial charge on any atom is -0.478 e. The number of amides is 1. The van der Waals surface area contributed by atoms with Crippen LogP contribution in [0.15, 0.2) is 24.3 Å². The molecule has 1 amide bonds. The standard InChI is InChI=1S/C13H14FNO3/c1-2-7-15-13(18)10-8-9(3-5-11(10)14)4-6-12(16)17/h3-6,8H,2,7H2,1H3,(H,15,18)(H,16,17)/b6-4+. The van der Waals surface area contributed by atoms with Crippen molar-refractivity contribution >= 4 is 18.0 Å². The van der Waals surface area contributed by atoms with Crippen molar-refractivity contribution in [2.45, 2.75) is 13.3 Å². The fraction of sp³-hybridized carbons (Fsp3) is 0.231. The number of nitrogens with one attached hydrogen (secondary N) is 1. The van der Waals surface area contributed by atoms with Crippen LogP contribution >= 0.6 is 0 Å². The second kappa shape index (κ2) is 6.54. The van der Waals surface area contributed by atoms with Gasteiger partial charge in [-0.1, -0.05) is 13.0 Å². The SMILES string of the molecule is CCCNC(=O)c1cc(/C=C/C(=O)O)ccc1F. The minimum absolute atomic E-state index is 0.0870. The lowest BCUT2D eigenvalue weighted by atomic mass is 10.1. The molecule has 0 atom stereocenters. The number of hydrogen-bond acceptors (Lipinski definition) is 2. The Labute approximate surface area is 104 Å². The van der Waals surface area contributed by atoms with Gasteiger partial charge in [-0.15, -0.1) is 0 Å². The molecule has 0 saturated carbocycles. The third kappa shape index (κ3) is 4.01. The molecule has 0 unspecified atom stereocenters. The Morgan fingerprint density at radius 2 is 2.17 bits per heavy atom. The summed E-state index contributed by atoms with van der Waals surface area (Å²) in [5.74, 6) is -2.23. The summed E-state index contributed by atoms with van der Waals surface area (Å²) < 4.78 is 13.4. The Balaban J connectivity index is 2.94.